The van der Waals surface area contributed by atoms with E-state index in [0.717, 1.165) is 24.7 Å². The molecule has 3 aliphatic rings. The largest absolute Gasteiger partial charge is 0.341 e. The number of amides is 1. The van der Waals surface area contributed by atoms with Gasteiger partial charge in [0, 0.05) is 24.7 Å². The van der Waals surface area contributed by atoms with Gasteiger partial charge in [-0.3, -0.25) is 10.1 Å². The van der Waals surface area contributed by atoms with Gasteiger partial charge in [0.25, 0.3) is 0 Å². The highest BCUT2D eigenvalue weighted by molar-refractivity contribution is 7.99. The molecule has 0 aromatic rings. The monoisotopic (exact) mass is 268 g/mol. The molecule has 0 aromatic carbocycles. The van der Waals surface area contributed by atoms with Gasteiger partial charge in [0.1, 0.15) is 0 Å². The lowest BCUT2D eigenvalue weighted by atomic mass is 9.68. The topological polar surface area (TPSA) is 32.3 Å². The van der Waals surface area contributed by atoms with E-state index in [1.54, 1.807) is 0 Å². The normalized spacial score (nSPS) is 31.8. The van der Waals surface area contributed by atoms with Crippen LogP contribution in [0, 0.1) is 5.41 Å². The van der Waals surface area contributed by atoms with E-state index < -0.39 is 0 Å². The second kappa shape index (κ2) is 5.41. The molecule has 102 valence electrons. The number of nitrogens with zero attached hydrogens (tertiary/aromatic N) is 1. The Morgan fingerprint density at radius 3 is 2.44 bits per heavy atom. The SMILES string of the molecule is O=C([C@@H]1CSCN1)N1CCC2(CCCCC2)CC1. The van der Waals surface area contributed by atoms with E-state index in [1.165, 1.54) is 44.9 Å². The molecule has 2 heterocycles. The fourth-order valence-corrected chi connectivity index (χ4v) is 4.71. The van der Waals surface area contributed by atoms with Crippen molar-refractivity contribution in [3.63, 3.8) is 0 Å². The van der Waals surface area contributed by atoms with E-state index in [-0.39, 0.29) is 6.04 Å². The summed E-state index contributed by atoms with van der Waals surface area (Å²) in [7, 11) is 0. The lowest BCUT2D eigenvalue weighted by Crippen LogP contribution is -2.50. The van der Waals surface area contributed by atoms with Crippen LogP contribution in [0.1, 0.15) is 44.9 Å². The summed E-state index contributed by atoms with van der Waals surface area (Å²) in [5.41, 5.74) is 0.604. The zero-order chi connectivity index (χ0) is 12.4. The van der Waals surface area contributed by atoms with Gasteiger partial charge in [-0.1, -0.05) is 19.3 Å². The first-order valence-electron chi connectivity index (χ1n) is 7.39. The van der Waals surface area contributed by atoms with Crippen LogP contribution in [0.3, 0.4) is 0 Å². The highest BCUT2D eigenvalue weighted by Gasteiger charge is 2.38. The van der Waals surface area contributed by atoms with Gasteiger partial charge in [-0.25, -0.2) is 0 Å². The molecule has 3 nitrogen and oxygen atoms in total. The number of nitrogens with one attached hydrogen (secondary N) is 1. The minimum absolute atomic E-state index is 0.0930. The van der Waals surface area contributed by atoms with Gasteiger partial charge in [0.2, 0.25) is 5.91 Å². The predicted molar refractivity (Wildman–Crippen MR) is 75.6 cm³/mol. The number of carbonyl (C=O) groups is 1. The van der Waals surface area contributed by atoms with E-state index in [2.05, 4.69) is 10.2 Å². The van der Waals surface area contributed by atoms with E-state index in [9.17, 15) is 4.79 Å². The van der Waals surface area contributed by atoms with Gasteiger partial charge >= 0.3 is 0 Å². The molecule has 1 spiro atoms. The molecule has 3 fully saturated rings. The van der Waals surface area contributed by atoms with E-state index in [0.29, 0.717) is 11.3 Å². The van der Waals surface area contributed by atoms with Crippen LogP contribution in [0.2, 0.25) is 0 Å². The van der Waals surface area contributed by atoms with Crippen molar-refractivity contribution in [2.45, 2.75) is 51.0 Å². The van der Waals surface area contributed by atoms with Crippen LogP contribution in [-0.4, -0.2) is 41.6 Å². The Hall–Kier alpha value is -0.220. The standard InChI is InChI=1S/C14H24N2OS/c17-13(12-10-18-11-15-12)16-8-6-14(7-9-16)4-2-1-3-5-14/h12,15H,1-11H2/t12-/m0/s1. The number of hydrogen-bond donors (Lipinski definition) is 1. The first-order valence-corrected chi connectivity index (χ1v) is 8.55. The predicted octanol–water partition coefficient (Wildman–Crippen LogP) is 2.22. The number of hydrogen-bond acceptors (Lipinski definition) is 3. The molecule has 1 saturated carbocycles. The van der Waals surface area contributed by atoms with Crippen molar-refractivity contribution >= 4 is 17.7 Å². The summed E-state index contributed by atoms with van der Waals surface area (Å²) in [6.07, 6.45) is 9.56. The molecule has 1 atom stereocenters. The summed E-state index contributed by atoms with van der Waals surface area (Å²) in [5.74, 6) is 2.25. The Morgan fingerprint density at radius 1 is 1.11 bits per heavy atom. The molecule has 2 saturated heterocycles. The Bertz CT molecular complexity index is 299. The van der Waals surface area contributed by atoms with E-state index >= 15 is 0 Å². The van der Waals surface area contributed by atoms with Crippen LogP contribution < -0.4 is 5.32 Å². The van der Waals surface area contributed by atoms with Crippen molar-refractivity contribution in [2.75, 3.05) is 24.7 Å². The van der Waals surface area contributed by atoms with Crippen molar-refractivity contribution in [3.05, 3.63) is 0 Å². The Labute approximate surface area is 114 Å². The summed E-state index contributed by atoms with van der Waals surface area (Å²) in [4.78, 5) is 14.4. The number of likely N-dealkylation sites (tertiary alicyclic amines) is 1. The quantitative estimate of drug-likeness (QED) is 0.791. The molecule has 4 heteroatoms. The maximum Gasteiger partial charge on any atom is 0.240 e. The molecule has 2 aliphatic heterocycles. The van der Waals surface area contributed by atoms with E-state index in [4.69, 9.17) is 0 Å². The van der Waals surface area contributed by atoms with Gasteiger partial charge < -0.3 is 4.90 Å². The first kappa shape index (κ1) is 12.8. The van der Waals surface area contributed by atoms with Crippen LogP contribution in [0.25, 0.3) is 0 Å². The average Bonchev–Trinajstić information content (AvgIpc) is 2.94. The number of piperidine rings is 1. The van der Waals surface area contributed by atoms with Gasteiger partial charge in [0.15, 0.2) is 0 Å². The molecule has 1 amide bonds. The Morgan fingerprint density at radius 2 is 1.83 bits per heavy atom. The number of thioether (sulfide) groups is 1. The fraction of sp³-hybridized carbons (Fsp3) is 0.929. The molecule has 3 rings (SSSR count). The smallest absolute Gasteiger partial charge is 0.240 e. The summed E-state index contributed by atoms with van der Waals surface area (Å²) < 4.78 is 0. The second-order valence-corrected chi connectivity index (χ2v) is 7.19. The van der Waals surface area contributed by atoms with Gasteiger partial charge in [-0.2, -0.15) is 0 Å². The fourth-order valence-electron chi connectivity index (χ4n) is 3.78. The zero-order valence-corrected chi connectivity index (χ0v) is 11.9. The first-order chi connectivity index (χ1) is 8.79. The van der Waals surface area contributed by atoms with E-state index in [1.807, 2.05) is 11.8 Å². The van der Waals surface area contributed by atoms with Gasteiger partial charge in [0.05, 0.1) is 6.04 Å². The van der Waals surface area contributed by atoms with Crippen molar-refractivity contribution in [2.24, 2.45) is 5.41 Å². The third-order valence-corrected chi connectivity index (χ3v) is 6.00. The van der Waals surface area contributed by atoms with Crippen molar-refractivity contribution < 1.29 is 4.79 Å². The van der Waals surface area contributed by atoms with Crippen LogP contribution in [0.15, 0.2) is 0 Å². The molecule has 1 aliphatic carbocycles. The minimum atomic E-state index is 0.0930. The molecule has 0 radical (unpaired) electrons. The molecular formula is C14H24N2OS. The lowest BCUT2D eigenvalue weighted by molar-refractivity contribution is -0.135. The van der Waals surface area contributed by atoms with Crippen LogP contribution in [0.4, 0.5) is 0 Å². The molecule has 0 bridgehead atoms. The zero-order valence-electron chi connectivity index (χ0n) is 11.1. The number of carbonyl (C=O) groups excluding carboxylic acids is 1. The summed E-state index contributed by atoms with van der Waals surface area (Å²) in [5, 5.41) is 3.30. The Balaban J connectivity index is 1.54. The lowest BCUT2D eigenvalue weighted by Gasteiger charge is -2.44. The summed E-state index contributed by atoms with van der Waals surface area (Å²) in [6.45, 7) is 2.00. The highest BCUT2D eigenvalue weighted by Crippen LogP contribution is 2.44. The summed E-state index contributed by atoms with van der Waals surface area (Å²) >= 11 is 1.84. The van der Waals surface area contributed by atoms with Crippen molar-refractivity contribution in [3.8, 4) is 0 Å². The second-order valence-electron chi connectivity index (χ2n) is 6.16. The Kier molecular flexibility index (Phi) is 3.85. The number of rotatable bonds is 1. The van der Waals surface area contributed by atoms with Crippen LogP contribution in [0.5, 0.6) is 0 Å². The minimum Gasteiger partial charge on any atom is -0.341 e. The maximum absolute atomic E-state index is 12.3. The van der Waals surface area contributed by atoms with Crippen molar-refractivity contribution in [1.82, 2.24) is 10.2 Å². The molecule has 0 unspecified atom stereocenters. The molecule has 1 N–H and O–H groups in total. The molecular weight excluding hydrogens is 244 g/mol. The van der Waals surface area contributed by atoms with Gasteiger partial charge in [-0.05, 0) is 31.1 Å². The summed E-state index contributed by atoms with van der Waals surface area (Å²) in [6, 6.07) is 0.0930. The highest BCUT2D eigenvalue weighted by atomic mass is 32.2. The van der Waals surface area contributed by atoms with Crippen LogP contribution in [-0.2, 0) is 4.79 Å². The van der Waals surface area contributed by atoms with Gasteiger partial charge in [-0.15, -0.1) is 11.8 Å². The maximum atomic E-state index is 12.3. The third kappa shape index (κ3) is 2.55. The van der Waals surface area contributed by atoms with Crippen LogP contribution >= 0.6 is 11.8 Å². The molecule has 0 aromatic heterocycles. The third-order valence-electron chi connectivity index (χ3n) is 5.06. The van der Waals surface area contributed by atoms with Crippen molar-refractivity contribution in [1.29, 1.82) is 0 Å². The molecule has 18 heavy (non-hydrogen) atoms. The average molecular weight is 268 g/mol.